The molecular weight excluding hydrogens is 264 g/mol. The van der Waals surface area contributed by atoms with Crippen molar-refractivity contribution in [1.29, 1.82) is 0 Å². The van der Waals surface area contributed by atoms with E-state index in [-0.39, 0.29) is 5.91 Å². The van der Waals surface area contributed by atoms with Gasteiger partial charge in [0.25, 0.3) is 0 Å². The molecule has 1 atom stereocenters. The van der Waals surface area contributed by atoms with Crippen molar-refractivity contribution in [2.24, 2.45) is 5.92 Å². The predicted molar refractivity (Wildman–Crippen MR) is 86.3 cm³/mol. The van der Waals surface area contributed by atoms with E-state index in [9.17, 15) is 4.79 Å². The monoisotopic (exact) mass is 294 g/mol. The van der Waals surface area contributed by atoms with Crippen LogP contribution >= 0.6 is 0 Å². The van der Waals surface area contributed by atoms with E-state index >= 15 is 0 Å². The van der Waals surface area contributed by atoms with Gasteiger partial charge < -0.3 is 10.2 Å². The molecule has 5 heteroatoms. The Morgan fingerprint density at radius 3 is 2.52 bits per heavy atom. The van der Waals surface area contributed by atoms with Crippen LogP contribution in [-0.4, -0.2) is 47.3 Å². The largest absolute Gasteiger partial charge is 0.355 e. The summed E-state index contributed by atoms with van der Waals surface area (Å²) in [5.41, 5.74) is 2.18. The highest BCUT2D eigenvalue weighted by Gasteiger charge is 2.16. The van der Waals surface area contributed by atoms with Crippen molar-refractivity contribution < 1.29 is 4.79 Å². The van der Waals surface area contributed by atoms with Crippen molar-refractivity contribution in [2.75, 3.05) is 20.6 Å². The highest BCUT2D eigenvalue weighted by atomic mass is 16.1. The van der Waals surface area contributed by atoms with Gasteiger partial charge in [-0.1, -0.05) is 13.8 Å². The molecule has 1 rings (SSSR count). The molecule has 0 fully saturated rings. The molecule has 0 bridgehead atoms. The summed E-state index contributed by atoms with van der Waals surface area (Å²) in [6, 6.07) is 2.44. The topological polar surface area (TPSA) is 50.2 Å². The molecule has 1 heterocycles. The average molecular weight is 294 g/mol. The molecule has 0 aliphatic carbocycles. The lowest BCUT2D eigenvalue weighted by Crippen LogP contribution is -2.43. The SMILES string of the molecule is Cc1cc(C)n(CCCC(=O)NC[C@H](C(C)C)N(C)C)n1. The Balaban J connectivity index is 2.29. The molecule has 21 heavy (non-hydrogen) atoms. The van der Waals surface area contributed by atoms with Crippen molar-refractivity contribution in [2.45, 2.75) is 53.1 Å². The van der Waals surface area contributed by atoms with Crippen molar-refractivity contribution >= 4 is 5.91 Å². The van der Waals surface area contributed by atoms with Crippen LogP contribution in [0.25, 0.3) is 0 Å². The Labute approximate surface area is 128 Å². The van der Waals surface area contributed by atoms with Gasteiger partial charge >= 0.3 is 0 Å². The van der Waals surface area contributed by atoms with Crippen molar-refractivity contribution in [3.8, 4) is 0 Å². The first-order valence-corrected chi connectivity index (χ1v) is 7.75. The number of nitrogens with one attached hydrogen (secondary N) is 1. The summed E-state index contributed by atoms with van der Waals surface area (Å²) < 4.78 is 1.97. The second-order valence-corrected chi connectivity index (χ2v) is 6.33. The maximum absolute atomic E-state index is 11.9. The number of likely N-dealkylation sites (N-methyl/N-ethyl adjacent to an activating group) is 1. The molecule has 0 spiro atoms. The van der Waals surface area contributed by atoms with Gasteiger partial charge in [-0.2, -0.15) is 5.10 Å². The van der Waals surface area contributed by atoms with Crippen LogP contribution in [-0.2, 0) is 11.3 Å². The highest BCUT2D eigenvalue weighted by molar-refractivity contribution is 5.75. The number of hydrogen-bond acceptors (Lipinski definition) is 3. The van der Waals surface area contributed by atoms with Crippen molar-refractivity contribution in [3.05, 3.63) is 17.5 Å². The molecule has 1 N–H and O–H groups in total. The summed E-state index contributed by atoms with van der Waals surface area (Å²) in [7, 11) is 4.11. The van der Waals surface area contributed by atoms with Crippen molar-refractivity contribution in [3.63, 3.8) is 0 Å². The van der Waals surface area contributed by atoms with Crippen LogP contribution in [0.3, 0.4) is 0 Å². The molecule has 0 saturated heterocycles. The number of aryl methyl sites for hydroxylation is 3. The van der Waals surface area contributed by atoms with E-state index in [1.807, 2.05) is 18.5 Å². The second kappa shape index (κ2) is 8.17. The van der Waals surface area contributed by atoms with E-state index < -0.39 is 0 Å². The summed E-state index contributed by atoms with van der Waals surface area (Å²) in [6.45, 7) is 9.91. The Morgan fingerprint density at radius 2 is 2.05 bits per heavy atom. The lowest BCUT2D eigenvalue weighted by atomic mass is 10.0. The summed E-state index contributed by atoms with van der Waals surface area (Å²) in [5.74, 6) is 0.652. The fourth-order valence-corrected chi connectivity index (χ4v) is 2.61. The third-order valence-corrected chi connectivity index (χ3v) is 3.82. The zero-order valence-electron chi connectivity index (χ0n) is 14.3. The van der Waals surface area contributed by atoms with Crippen LogP contribution in [0.15, 0.2) is 6.07 Å². The van der Waals surface area contributed by atoms with Crippen LogP contribution in [0, 0.1) is 19.8 Å². The van der Waals surface area contributed by atoms with E-state index in [4.69, 9.17) is 0 Å². The standard InChI is InChI=1S/C16H30N4O/c1-12(2)15(19(5)6)11-17-16(21)8-7-9-20-14(4)10-13(3)18-20/h10,12,15H,7-9,11H2,1-6H3,(H,17,21)/t15-/m1/s1. The van der Waals surface area contributed by atoms with E-state index in [0.717, 1.165) is 24.4 Å². The fourth-order valence-electron chi connectivity index (χ4n) is 2.61. The first-order valence-electron chi connectivity index (χ1n) is 7.75. The minimum atomic E-state index is 0.129. The molecular formula is C16H30N4O. The maximum atomic E-state index is 11.9. The second-order valence-electron chi connectivity index (χ2n) is 6.33. The smallest absolute Gasteiger partial charge is 0.220 e. The van der Waals surface area contributed by atoms with Gasteiger partial charge in [-0.3, -0.25) is 9.48 Å². The molecule has 1 aromatic heterocycles. The number of amides is 1. The summed E-state index contributed by atoms with van der Waals surface area (Å²) >= 11 is 0. The number of nitrogens with zero attached hydrogens (tertiary/aromatic N) is 3. The summed E-state index contributed by atoms with van der Waals surface area (Å²) in [6.07, 6.45) is 1.37. The summed E-state index contributed by atoms with van der Waals surface area (Å²) in [4.78, 5) is 14.1. The first-order chi connectivity index (χ1) is 9.81. The highest BCUT2D eigenvalue weighted by Crippen LogP contribution is 2.07. The molecule has 1 amide bonds. The van der Waals surface area contributed by atoms with Crippen LogP contribution < -0.4 is 5.32 Å². The van der Waals surface area contributed by atoms with E-state index in [1.54, 1.807) is 0 Å². The third kappa shape index (κ3) is 5.87. The Morgan fingerprint density at radius 1 is 1.38 bits per heavy atom. The molecule has 0 aliphatic rings. The lowest BCUT2D eigenvalue weighted by Gasteiger charge is -2.28. The van der Waals surface area contributed by atoms with Crippen LogP contribution in [0.4, 0.5) is 0 Å². The number of carbonyl (C=O) groups is 1. The number of carbonyl (C=O) groups excluding carboxylic acids is 1. The normalized spacial score (nSPS) is 13.0. The average Bonchev–Trinajstić information content (AvgIpc) is 2.67. The molecule has 0 saturated carbocycles. The Bertz CT molecular complexity index is 443. The fraction of sp³-hybridized carbons (Fsp3) is 0.750. The summed E-state index contributed by atoms with van der Waals surface area (Å²) in [5, 5.41) is 7.45. The lowest BCUT2D eigenvalue weighted by molar-refractivity contribution is -0.121. The molecule has 0 aromatic carbocycles. The minimum Gasteiger partial charge on any atom is -0.355 e. The van der Waals surface area contributed by atoms with Gasteiger partial charge in [0.15, 0.2) is 0 Å². The van der Waals surface area contributed by atoms with Crippen LogP contribution in [0.1, 0.15) is 38.1 Å². The Hall–Kier alpha value is -1.36. The number of aromatic nitrogens is 2. The van der Waals surface area contributed by atoms with Gasteiger partial charge in [-0.25, -0.2) is 0 Å². The minimum absolute atomic E-state index is 0.129. The van der Waals surface area contributed by atoms with E-state index in [1.165, 1.54) is 0 Å². The molecule has 0 aliphatic heterocycles. The van der Waals surface area contributed by atoms with Crippen LogP contribution in [0.5, 0.6) is 0 Å². The zero-order valence-corrected chi connectivity index (χ0v) is 14.3. The van der Waals surface area contributed by atoms with Crippen LogP contribution in [0.2, 0.25) is 0 Å². The zero-order chi connectivity index (χ0) is 16.0. The van der Waals surface area contributed by atoms with E-state index in [2.05, 4.69) is 49.3 Å². The third-order valence-electron chi connectivity index (χ3n) is 3.82. The maximum Gasteiger partial charge on any atom is 0.220 e. The van der Waals surface area contributed by atoms with E-state index in [0.29, 0.717) is 24.9 Å². The quantitative estimate of drug-likeness (QED) is 0.797. The number of hydrogen-bond donors (Lipinski definition) is 1. The molecule has 0 radical (unpaired) electrons. The molecule has 120 valence electrons. The van der Waals surface area contributed by atoms with Gasteiger partial charge in [-0.15, -0.1) is 0 Å². The molecule has 1 aromatic rings. The molecule has 5 nitrogen and oxygen atoms in total. The van der Waals surface area contributed by atoms with Gasteiger partial charge in [0, 0.05) is 31.2 Å². The van der Waals surface area contributed by atoms with Gasteiger partial charge in [0.1, 0.15) is 0 Å². The van der Waals surface area contributed by atoms with Gasteiger partial charge in [0.05, 0.1) is 5.69 Å². The van der Waals surface area contributed by atoms with Gasteiger partial charge in [-0.05, 0) is 46.3 Å². The Kier molecular flexibility index (Phi) is 6.89. The van der Waals surface area contributed by atoms with Crippen molar-refractivity contribution in [1.82, 2.24) is 20.0 Å². The first kappa shape index (κ1) is 17.7. The molecule has 0 unspecified atom stereocenters. The predicted octanol–water partition coefficient (Wildman–Crippen LogP) is 1.98. The number of rotatable bonds is 8. The van der Waals surface area contributed by atoms with Gasteiger partial charge in [0.2, 0.25) is 5.91 Å².